The molecule has 4 rings (SSSR count). The van der Waals surface area contributed by atoms with Crippen LogP contribution < -0.4 is 4.72 Å². The van der Waals surface area contributed by atoms with Gasteiger partial charge < -0.3 is 0 Å². The van der Waals surface area contributed by atoms with Gasteiger partial charge in [0, 0.05) is 16.1 Å². The second-order valence-electron chi connectivity index (χ2n) is 10.9. The first-order chi connectivity index (χ1) is 19.0. The Hall–Kier alpha value is -2.36. The van der Waals surface area contributed by atoms with E-state index in [0.29, 0.717) is 22.9 Å². The molecule has 0 spiro atoms. The third-order valence-electron chi connectivity index (χ3n) is 7.38. The van der Waals surface area contributed by atoms with Crippen molar-refractivity contribution in [2.24, 2.45) is 10.3 Å². The molecule has 1 N–H and O–H groups in total. The van der Waals surface area contributed by atoms with E-state index in [9.17, 15) is 12.6 Å². The van der Waals surface area contributed by atoms with Gasteiger partial charge in [-0.2, -0.15) is 4.40 Å². The summed E-state index contributed by atoms with van der Waals surface area (Å²) in [5.41, 5.74) is 3.30. The van der Waals surface area contributed by atoms with Gasteiger partial charge in [-0.3, -0.25) is 4.18 Å². The molecule has 0 heterocycles. The summed E-state index contributed by atoms with van der Waals surface area (Å²) in [6, 6.07) is 22.9. The van der Waals surface area contributed by atoms with Crippen molar-refractivity contribution in [2.75, 3.05) is 0 Å². The largest absolute Gasteiger partial charge is 0.285 e. The van der Waals surface area contributed by atoms with Crippen LogP contribution in [0.25, 0.3) is 0 Å². The molecule has 40 heavy (non-hydrogen) atoms. The van der Waals surface area contributed by atoms with Crippen LogP contribution in [0.15, 0.2) is 88.2 Å². The fourth-order valence-corrected chi connectivity index (χ4v) is 7.41. The van der Waals surface area contributed by atoms with E-state index in [0.717, 1.165) is 36.1 Å². The molecule has 0 aliphatic heterocycles. The molecule has 0 unspecified atom stereocenters. The topological polar surface area (TPSA) is 84.8 Å². The number of nitrogens with one attached hydrogen (secondary N) is 1. The molecule has 214 valence electrons. The molecule has 0 aromatic heterocycles. The number of hydrogen-bond acceptors (Lipinski definition) is 4. The summed E-state index contributed by atoms with van der Waals surface area (Å²) in [6.45, 7) is 7.83. The summed E-state index contributed by atoms with van der Waals surface area (Å²) in [4.78, 5) is 0.157. The smallest absolute Gasteiger partial charge is 0.263 e. The van der Waals surface area contributed by atoms with Crippen molar-refractivity contribution in [1.29, 1.82) is 0 Å². The van der Waals surface area contributed by atoms with E-state index in [4.69, 9.17) is 15.8 Å². The van der Waals surface area contributed by atoms with E-state index < -0.39 is 33.4 Å². The lowest BCUT2D eigenvalue weighted by atomic mass is 9.60. The minimum absolute atomic E-state index is 0.157. The van der Waals surface area contributed by atoms with Crippen molar-refractivity contribution in [2.45, 2.75) is 75.8 Å². The first-order valence-electron chi connectivity index (χ1n) is 13.6. The SMILES string of the molecule is Cc1ccc(S(=O)(=O)N[C@H](C)[C@@H](O[S@](=O)/N=C(\CC(C)C)C2(c3ccc(Cl)cc3)CCC2)c2ccccc2)cc1. The molecule has 0 saturated heterocycles. The lowest BCUT2D eigenvalue weighted by molar-refractivity contribution is 0.195. The quantitative estimate of drug-likeness (QED) is 0.222. The van der Waals surface area contributed by atoms with Crippen LogP contribution in [0.5, 0.6) is 0 Å². The van der Waals surface area contributed by atoms with Crippen LogP contribution in [0, 0.1) is 12.8 Å². The minimum atomic E-state index is -3.84. The van der Waals surface area contributed by atoms with Crippen LogP contribution in [0.4, 0.5) is 0 Å². The Morgan fingerprint density at radius 2 is 1.62 bits per heavy atom. The molecule has 1 aliphatic carbocycles. The van der Waals surface area contributed by atoms with Crippen molar-refractivity contribution < 1.29 is 16.8 Å². The number of rotatable bonds is 12. The second kappa shape index (κ2) is 13.1. The summed E-state index contributed by atoms with van der Waals surface area (Å²) in [5.74, 6) is 0.297. The normalized spacial score (nSPS) is 17.7. The summed E-state index contributed by atoms with van der Waals surface area (Å²) in [6.07, 6.45) is 2.71. The van der Waals surface area contributed by atoms with Gasteiger partial charge in [-0.1, -0.05) is 92.0 Å². The van der Waals surface area contributed by atoms with Crippen molar-refractivity contribution in [3.63, 3.8) is 0 Å². The second-order valence-corrected chi connectivity index (χ2v) is 13.9. The van der Waals surface area contributed by atoms with Gasteiger partial charge in [-0.25, -0.2) is 17.3 Å². The fraction of sp³-hybridized carbons (Fsp3) is 0.387. The van der Waals surface area contributed by atoms with E-state index >= 15 is 0 Å². The molecule has 3 aromatic rings. The van der Waals surface area contributed by atoms with Gasteiger partial charge in [-0.05, 0) is 74.4 Å². The maximum atomic E-state index is 13.6. The zero-order chi connectivity index (χ0) is 28.9. The zero-order valence-corrected chi connectivity index (χ0v) is 25.7. The van der Waals surface area contributed by atoms with Crippen LogP contribution in [0.3, 0.4) is 0 Å². The molecule has 3 atom stereocenters. The van der Waals surface area contributed by atoms with Crippen LogP contribution in [0.2, 0.25) is 5.02 Å². The maximum Gasteiger partial charge on any atom is 0.285 e. The number of benzene rings is 3. The molecule has 0 bridgehead atoms. The third-order valence-corrected chi connectivity index (χ3v) is 9.95. The minimum Gasteiger partial charge on any atom is -0.263 e. The molecular weight excluding hydrogens is 564 g/mol. The first-order valence-corrected chi connectivity index (χ1v) is 16.5. The standard InChI is InChI=1S/C31H37ClN2O4S2/c1-22(2)21-29(31(19-8-20-31)26-13-15-27(32)16-14-26)33-39(35)38-30(25-9-6-5-7-10-25)24(4)34-40(36,37)28-17-11-23(3)12-18-28/h5-7,9-18,22,24,30,34H,8,19-21H2,1-4H3/b33-29+/t24-,30-,39+/m1/s1. The summed E-state index contributed by atoms with van der Waals surface area (Å²) >= 11 is 4.10. The van der Waals surface area contributed by atoms with Gasteiger partial charge in [0.25, 0.3) is 11.3 Å². The molecule has 1 fully saturated rings. The van der Waals surface area contributed by atoms with Gasteiger partial charge >= 0.3 is 0 Å². The first kappa shape index (κ1) is 30.6. The Morgan fingerprint density at radius 3 is 2.17 bits per heavy atom. The average molecular weight is 601 g/mol. The molecule has 9 heteroatoms. The molecule has 0 radical (unpaired) electrons. The lowest BCUT2D eigenvalue weighted by Gasteiger charge is -2.44. The number of hydrogen-bond donors (Lipinski definition) is 1. The summed E-state index contributed by atoms with van der Waals surface area (Å²) in [5, 5.41) is 0.667. The van der Waals surface area contributed by atoms with Gasteiger partial charge in [0.15, 0.2) is 0 Å². The highest BCUT2D eigenvalue weighted by atomic mass is 35.5. The van der Waals surface area contributed by atoms with Crippen molar-refractivity contribution in [1.82, 2.24) is 4.72 Å². The predicted molar refractivity (Wildman–Crippen MR) is 163 cm³/mol. The van der Waals surface area contributed by atoms with Crippen LogP contribution in [-0.4, -0.2) is 24.4 Å². The molecule has 3 aromatic carbocycles. The molecule has 0 amide bonds. The van der Waals surface area contributed by atoms with Crippen LogP contribution in [-0.2, 0) is 30.9 Å². The maximum absolute atomic E-state index is 13.6. The highest BCUT2D eigenvalue weighted by molar-refractivity contribution is 7.89. The van der Waals surface area contributed by atoms with Crippen molar-refractivity contribution in [3.8, 4) is 0 Å². The van der Waals surface area contributed by atoms with Crippen molar-refractivity contribution >= 4 is 38.6 Å². The van der Waals surface area contributed by atoms with E-state index in [1.807, 2.05) is 61.5 Å². The predicted octanol–water partition coefficient (Wildman–Crippen LogP) is 7.26. The Bertz CT molecular complexity index is 1440. The zero-order valence-electron chi connectivity index (χ0n) is 23.3. The third kappa shape index (κ3) is 7.28. The van der Waals surface area contributed by atoms with Crippen molar-refractivity contribution in [3.05, 3.63) is 101 Å². The van der Waals surface area contributed by atoms with Gasteiger partial charge in [0.1, 0.15) is 6.10 Å². The van der Waals surface area contributed by atoms with Gasteiger partial charge in [0.05, 0.1) is 10.9 Å². The molecule has 1 saturated carbocycles. The highest BCUT2D eigenvalue weighted by Gasteiger charge is 2.44. The Morgan fingerprint density at radius 1 is 1.00 bits per heavy atom. The number of sulfonamides is 1. The molecule has 1 aliphatic rings. The van der Waals surface area contributed by atoms with Crippen LogP contribution >= 0.6 is 11.6 Å². The number of halogens is 1. The fourth-order valence-electron chi connectivity index (χ4n) is 5.11. The Balaban J connectivity index is 1.63. The molecular formula is C31H37ClN2O4S2. The monoisotopic (exact) mass is 600 g/mol. The molecule has 6 nitrogen and oxygen atoms in total. The van der Waals surface area contributed by atoms with E-state index in [1.165, 1.54) is 0 Å². The summed E-state index contributed by atoms with van der Waals surface area (Å²) < 4.78 is 53.3. The number of aryl methyl sites for hydroxylation is 1. The van der Waals surface area contributed by atoms with E-state index in [1.54, 1.807) is 31.2 Å². The summed E-state index contributed by atoms with van der Waals surface area (Å²) in [7, 11) is -3.84. The number of nitrogens with zero attached hydrogens (tertiary/aromatic N) is 1. The Kier molecular flexibility index (Phi) is 10.0. The van der Waals surface area contributed by atoms with E-state index in [2.05, 4.69) is 23.0 Å². The highest BCUT2D eigenvalue weighted by Crippen LogP contribution is 2.47. The van der Waals surface area contributed by atoms with Crippen LogP contribution in [0.1, 0.15) is 69.2 Å². The Labute approximate surface area is 246 Å². The van der Waals surface area contributed by atoms with Gasteiger partial charge in [0.2, 0.25) is 10.0 Å². The average Bonchev–Trinajstić information content (AvgIpc) is 2.88. The lowest BCUT2D eigenvalue weighted by Crippen LogP contribution is -2.43. The van der Waals surface area contributed by atoms with Gasteiger partial charge in [-0.15, -0.1) is 0 Å². The van der Waals surface area contributed by atoms with E-state index in [-0.39, 0.29) is 10.3 Å².